The van der Waals surface area contributed by atoms with Crippen molar-refractivity contribution >= 4 is 39.3 Å². The molecule has 1 aliphatic heterocycles. The summed E-state index contributed by atoms with van der Waals surface area (Å²) in [5.74, 6) is 1.76. The second-order valence-corrected chi connectivity index (χ2v) is 7.64. The number of carbonyl (C=O) groups excluding carboxylic acids is 1. The van der Waals surface area contributed by atoms with Crippen LogP contribution < -0.4 is 14.4 Å². The van der Waals surface area contributed by atoms with Crippen LogP contribution in [0, 0.1) is 0 Å². The number of ether oxygens (including phenoxy) is 3. The summed E-state index contributed by atoms with van der Waals surface area (Å²) >= 11 is 0.989. The van der Waals surface area contributed by atoms with Gasteiger partial charge in [-0.2, -0.15) is 0 Å². The van der Waals surface area contributed by atoms with Crippen molar-refractivity contribution in [3.63, 3.8) is 0 Å². The van der Waals surface area contributed by atoms with Gasteiger partial charge in [0.1, 0.15) is 23.1 Å². The minimum Gasteiger partial charge on any atom is -0.497 e. The molecule has 0 fully saturated rings. The van der Waals surface area contributed by atoms with E-state index < -0.39 is 0 Å². The first-order valence-corrected chi connectivity index (χ1v) is 10.7. The number of hydrogen-bond donors (Lipinski definition) is 0. The molecule has 0 aliphatic carbocycles. The summed E-state index contributed by atoms with van der Waals surface area (Å²) in [5.41, 5.74) is 1.54. The first kappa shape index (κ1) is 21.5. The Bertz CT molecular complexity index is 1060. The van der Waals surface area contributed by atoms with Crippen molar-refractivity contribution in [2.45, 2.75) is 0 Å². The number of hydrogen-bond acceptors (Lipinski definition) is 7. The highest BCUT2D eigenvalue weighted by atomic mass is 32.2. The summed E-state index contributed by atoms with van der Waals surface area (Å²) in [7, 11) is 1.61. The van der Waals surface area contributed by atoms with E-state index in [4.69, 9.17) is 14.2 Å². The van der Waals surface area contributed by atoms with Gasteiger partial charge in [-0.15, -0.1) is 10.2 Å². The first-order valence-electron chi connectivity index (χ1n) is 9.88. The lowest BCUT2D eigenvalue weighted by Crippen LogP contribution is -2.26. The molecule has 0 bridgehead atoms. The van der Waals surface area contributed by atoms with Crippen LogP contribution in [0.1, 0.15) is 0 Å². The second-order valence-electron chi connectivity index (χ2n) is 6.61. The lowest BCUT2D eigenvalue weighted by atomic mass is 10.2. The quantitative estimate of drug-likeness (QED) is 0.498. The third-order valence-corrected chi connectivity index (χ3v) is 5.27. The lowest BCUT2D eigenvalue weighted by Gasteiger charge is -2.23. The van der Waals surface area contributed by atoms with Crippen molar-refractivity contribution < 1.29 is 19.0 Å². The van der Waals surface area contributed by atoms with E-state index >= 15 is 0 Å². The van der Waals surface area contributed by atoms with E-state index in [0.29, 0.717) is 16.7 Å². The molecule has 1 amide bonds. The van der Waals surface area contributed by atoms with Crippen molar-refractivity contribution in [1.29, 1.82) is 0 Å². The van der Waals surface area contributed by atoms with Crippen LogP contribution in [0.25, 0.3) is 0 Å². The Morgan fingerprint density at radius 2 is 1.50 bits per heavy atom. The first-order chi connectivity index (χ1) is 15.7. The van der Waals surface area contributed by atoms with Crippen molar-refractivity contribution in [1.82, 2.24) is 0 Å². The molecular weight excluding hydrogens is 426 g/mol. The third-order valence-electron chi connectivity index (χ3n) is 4.47. The predicted octanol–water partition coefficient (Wildman–Crippen LogP) is 5.51. The SMILES string of the molecule is COc1ccc(OCC2=NN=C(SC(=O)N(c3ccccc3)c3ccccc3)CO2)cc1. The summed E-state index contributed by atoms with van der Waals surface area (Å²) in [6.45, 7) is 0.292. The highest BCUT2D eigenvalue weighted by Crippen LogP contribution is 2.29. The average molecular weight is 448 g/mol. The number of anilines is 2. The molecule has 0 N–H and O–H groups in total. The Hall–Kier alpha value is -3.78. The van der Waals surface area contributed by atoms with E-state index in [9.17, 15) is 4.79 Å². The molecule has 1 aliphatic rings. The number of amides is 1. The Kier molecular flexibility index (Phi) is 7.04. The van der Waals surface area contributed by atoms with E-state index in [2.05, 4.69) is 10.2 Å². The maximum absolute atomic E-state index is 13.1. The highest BCUT2D eigenvalue weighted by molar-refractivity contribution is 8.26. The number of nitrogens with zero attached hydrogens (tertiary/aromatic N) is 3. The Morgan fingerprint density at radius 1 is 0.906 bits per heavy atom. The van der Waals surface area contributed by atoms with Crippen LogP contribution in [0.3, 0.4) is 0 Å². The molecule has 3 aromatic carbocycles. The minimum absolute atomic E-state index is 0.141. The van der Waals surface area contributed by atoms with Gasteiger partial charge in [0.15, 0.2) is 6.61 Å². The zero-order valence-corrected chi connectivity index (χ0v) is 18.2. The standard InChI is InChI=1S/C24H21N3O4S/c1-29-20-12-14-21(15-13-20)30-16-22-25-26-23(17-31-22)32-24(28)27(18-8-4-2-5-9-18)19-10-6-3-7-11-19/h2-15H,16-17H2,1H3. The minimum atomic E-state index is -0.196. The molecule has 162 valence electrons. The van der Waals surface area contributed by atoms with Crippen molar-refractivity contribution in [2.24, 2.45) is 10.2 Å². The molecule has 4 rings (SSSR count). The van der Waals surface area contributed by atoms with Gasteiger partial charge in [-0.05, 0) is 60.3 Å². The average Bonchev–Trinajstić information content (AvgIpc) is 2.85. The molecule has 0 saturated heterocycles. The molecule has 0 unspecified atom stereocenters. The zero-order valence-electron chi connectivity index (χ0n) is 17.4. The predicted molar refractivity (Wildman–Crippen MR) is 127 cm³/mol. The van der Waals surface area contributed by atoms with Crippen LogP contribution in [0.15, 0.2) is 95.1 Å². The molecule has 7 nitrogen and oxygen atoms in total. The van der Waals surface area contributed by atoms with Crippen LogP contribution in [-0.4, -0.2) is 36.5 Å². The van der Waals surface area contributed by atoms with E-state index in [0.717, 1.165) is 28.9 Å². The smallest absolute Gasteiger partial charge is 0.296 e. The van der Waals surface area contributed by atoms with Gasteiger partial charge in [0.05, 0.1) is 7.11 Å². The second kappa shape index (κ2) is 10.5. The molecule has 0 radical (unpaired) electrons. The molecule has 8 heteroatoms. The number of benzene rings is 3. The molecule has 3 aromatic rings. The summed E-state index contributed by atoms with van der Waals surface area (Å²) in [4.78, 5) is 14.8. The normalized spacial score (nSPS) is 12.8. The van der Waals surface area contributed by atoms with Crippen molar-refractivity contribution in [3.8, 4) is 11.5 Å². The number of rotatable bonds is 6. The van der Waals surface area contributed by atoms with Gasteiger partial charge in [0.2, 0.25) is 5.90 Å². The molecule has 32 heavy (non-hydrogen) atoms. The van der Waals surface area contributed by atoms with Crippen molar-refractivity contribution in [2.75, 3.05) is 25.2 Å². The maximum atomic E-state index is 13.1. The van der Waals surface area contributed by atoms with E-state index in [1.165, 1.54) is 0 Å². The Labute approximate surface area is 190 Å². The fourth-order valence-electron chi connectivity index (χ4n) is 2.91. The van der Waals surface area contributed by atoms with Crippen LogP contribution >= 0.6 is 11.8 Å². The van der Waals surface area contributed by atoms with Crippen LogP contribution in [0.5, 0.6) is 11.5 Å². The number of thioether (sulfide) groups is 1. The monoisotopic (exact) mass is 447 g/mol. The van der Waals surface area contributed by atoms with Gasteiger partial charge in [0, 0.05) is 11.4 Å². The summed E-state index contributed by atoms with van der Waals surface area (Å²) < 4.78 is 16.4. The number of methoxy groups -OCH3 is 1. The molecule has 0 spiro atoms. The Morgan fingerprint density at radius 3 is 2.03 bits per heavy atom. The molecule has 1 heterocycles. The third kappa shape index (κ3) is 5.47. The molecule has 0 aromatic heterocycles. The molecule has 0 atom stereocenters. The number of carbonyl (C=O) groups is 1. The van der Waals surface area contributed by atoms with Crippen LogP contribution in [0.4, 0.5) is 16.2 Å². The summed E-state index contributed by atoms with van der Waals surface area (Å²) in [5, 5.41) is 8.49. The van der Waals surface area contributed by atoms with Crippen LogP contribution in [-0.2, 0) is 4.74 Å². The topological polar surface area (TPSA) is 72.7 Å². The fraction of sp³-hybridized carbons (Fsp3) is 0.125. The van der Waals surface area contributed by atoms with Gasteiger partial charge in [-0.3, -0.25) is 9.69 Å². The molecule has 0 saturated carbocycles. The van der Waals surface area contributed by atoms with Gasteiger partial charge in [0.25, 0.3) is 5.24 Å². The van der Waals surface area contributed by atoms with E-state index in [1.807, 2.05) is 72.8 Å². The van der Waals surface area contributed by atoms with E-state index in [1.54, 1.807) is 24.1 Å². The number of para-hydroxylation sites is 2. The summed E-state index contributed by atoms with van der Waals surface area (Å²) in [6.07, 6.45) is 0. The van der Waals surface area contributed by atoms with Gasteiger partial charge >= 0.3 is 0 Å². The van der Waals surface area contributed by atoms with Gasteiger partial charge in [-0.25, -0.2) is 0 Å². The van der Waals surface area contributed by atoms with Crippen LogP contribution in [0.2, 0.25) is 0 Å². The van der Waals surface area contributed by atoms with Gasteiger partial charge < -0.3 is 14.2 Å². The largest absolute Gasteiger partial charge is 0.497 e. The lowest BCUT2D eigenvalue weighted by molar-refractivity contribution is 0.267. The zero-order chi connectivity index (χ0) is 22.2. The fourth-order valence-corrected chi connectivity index (χ4v) is 3.62. The Balaban J connectivity index is 1.41. The molecular formula is C24H21N3O4S. The highest BCUT2D eigenvalue weighted by Gasteiger charge is 2.23. The van der Waals surface area contributed by atoms with E-state index in [-0.39, 0.29) is 18.5 Å². The maximum Gasteiger partial charge on any atom is 0.296 e. The van der Waals surface area contributed by atoms with Crippen molar-refractivity contribution in [3.05, 3.63) is 84.9 Å². The summed E-state index contributed by atoms with van der Waals surface area (Å²) in [6, 6.07) is 26.2. The van der Waals surface area contributed by atoms with Gasteiger partial charge in [-0.1, -0.05) is 36.4 Å².